The molecule has 3 aromatic rings. The van der Waals surface area contributed by atoms with Gasteiger partial charge < -0.3 is 25.8 Å². The fourth-order valence-corrected chi connectivity index (χ4v) is 6.72. The maximum Gasteiger partial charge on any atom is 0.273 e. The number of rotatable bonds is 11. The highest BCUT2D eigenvalue weighted by molar-refractivity contribution is 7.03. The summed E-state index contributed by atoms with van der Waals surface area (Å²) >= 11 is 1.03. The Balaban J connectivity index is 1.33. The Bertz CT molecular complexity index is 1550. The predicted octanol–water partition coefficient (Wildman–Crippen LogP) is 2.89. The van der Waals surface area contributed by atoms with Gasteiger partial charge >= 0.3 is 0 Å². The van der Waals surface area contributed by atoms with Crippen molar-refractivity contribution in [2.45, 2.75) is 70.5 Å². The van der Waals surface area contributed by atoms with Gasteiger partial charge in [-0.3, -0.25) is 23.9 Å². The van der Waals surface area contributed by atoms with Crippen molar-refractivity contribution in [1.82, 2.24) is 39.8 Å². The minimum Gasteiger partial charge on any atom is -0.339 e. The average molecular weight is 668 g/mol. The molecule has 2 aliphatic rings. The zero-order valence-corrected chi connectivity index (χ0v) is 27.8. The minimum atomic E-state index is -0.991. The van der Waals surface area contributed by atoms with E-state index in [-0.39, 0.29) is 23.2 Å². The van der Waals surface area contributed by atoms with Crippen molar-refractivity contribution < 1.29 is 23.6 Å². The van der Waals surface area contributed by atoms with Crippen LogP contribution in [0.3, 0.4) is 0 Å². The molecule has 3 N–H and O–H groups in total. The Morgan fingerprint density at radius 3 is 2.43 bits per heavy atom. The number of aryl methyl sites for hydroxylation is 1. The van der Waals surface area contributed by atoms with Crippen molar-refractivity contribution in [2.75, 3.05) is 38.5 Å². The third kappa shape index (κ3) is 8.19. The highest BCUT2D eigenvalue weighted by atomic mass is 32.1. The van der Waals surface area contributed by atoms with Gasteiger partial charge in [0.05, 0.1) is 5.69 Å². The summed E-state index contributed by atoms with van der Waals surface area (Å²) in [5.41, 5.74) is 0.875. The van der Waals surface area contributed by atoms with E-state index in [4.69, 9.17) is 0 Å². The average Bonchev–Trinajstić information content (AvgIpc) is 3.80. The van der Waals surface area contributed by atoms with Gasteiger partial charge in [-0.25, -0.2) is 4.39 Å². The Kier molecular flexibility index (Phi) is 11.3. The number of halogens is 1. The molecule has 3 heterocycles. The quantitative estimate of drug-likeness (QED) is 0.282. The second-order valence-corrected chi connectivity index (χ2v) is 12.9. The first-order chi connectivity index (χ1) is 22.7. The summed E-state index contributed by atoms with van der Waals surface area (Å²) in [6.45, 7) is 6.53. The van der Waals surface area contributed by atoms with E-state index in [2.05, 4.69) is 35.5 Å². The van der Waals surface area contributed by atoms with Gasteiger partial charge in [-0.15, -0.1) is 5.10 Å². The molecule has 15 heteroatoms. The molecule has 0 unspecified atom stereocenters. The number of likely N-dealkylation sites (N-methyl/N-ethyl adjacent to an activating group) is 1. The molecule has 4 amide bonds. The molecule has 2 fully saturated rings. The Morgan fingerprint density at radius 1 is 1.02 bits per heavy atom. The monoisotopic (exact) mass is 667 g/mol. The fraction of sp³-hybridized carbons (Fsp3) is 0.531. The van der Waals surface area contributed by atoms with E-state index < -0.39 is 41.5 Å². The largest absolute Gasteiger partial charge is 0.339 e. The number of anilines is 1. The van der Waals surface area contributed by atoms with E-state index in [0.29, 0.717) is 44.0 Å². The maximum atomic E-state index is 15.7. The van der Waals surface area contributed by atoms with Crippen LogP contribution in [-0.2, 0) is 16.1 Å². The highest BCUT2D eigenvalue weighted by Crippen LogP contribution is 2.29. The summed E-state index contributed by atoms with van der Waals surface area (Å²) in [5, 5.41) is 17.9. The number of nitrogens with zero attached hydrogens (tertiary/aromatic N) is 6. The number of amides is 4. The lowest BCUT2D eigenvalue weighted by molar-refractivity contribution is -0.135. The van der Waals surface area contributed by atoms with E-state index in [9.17, 15) is 19.2 Å². The Labute approximate surface area is 277 Å². The van der Waals surface area contributed by atoms with Crippen LogP contribution in [0, 0.1) is 11.7 Å². The van der Waals surface area contributed by atoms with Crippen LogP contribution in [-0.4, -0.2) is 98.1 Å². The molecule has 1 saturated carbocycles. The standard InChI is InChI=1S/C32H42FN9O4S/c1-4-42-26(12-13-34-42)30(44)37-28(21-8-6-5-7-9-21)31(45)35-24-11-10-22(18-23(24)33)20(2)27(36-29(43)25-19-47-39-38-25)32(46)41-16-14-40(3)15-17-41/h10-13,18-21,27-28H,4-9,14-17H2,1-3H3,(H,35,45)(H,36,43)(H,37,44)/t20-,27+,28-/m0/s1. The van der Waals surface area contributed by atoms with Crippen molar-refractivity contribution >= 4 is 40.8 Å². The van der Waals surface area contributed by atoms with Crippen molar-refractivity contribution in [3.05, 3.63) is 58.6 Å². The smallest absolute Gasteiger partial charge is 0.273 e. The third-order valence-electron chi connectivity index (χ3n) is 9.18. The van der Waals surface area contributed by atoms with Crippen LogP contribution < -0.4 is 16.0 Å². The van der Waals surface area contributed by atoms with E-state index in [0.717, 1.165) is 43.6 Å². The van der Waals surface area contributed by atoms with Crippen LogP contribution in [0.15, 0.2) is 35.8 Å². The lowest BCUT2D eigenvalue weighted by Crippen LogP contribution is -2.55. The van der Waals surface area contributed by atoms with Crippen LogP contribution in [0.4, 0.5) is 10.1 Å². The number of aromatic nitrogens is 4. The van der Waals surface area contributed by atoms with Gasteiger partial charge in [-0.1, -0.05) is 36.7 Å². The lowest BCUT2D eigenvalue weighted by atomic mass is 9.83. The molecule has 1 saturated heterocycles. The topological polar surface area (TPSA) is 154 Å². The number of piperazine rings is 1. The maximum absolute atomic E-state index is 15.7. The number of carbonyl (C=O) groups excluding carboxylic acids is 4. The Morgan fingerprint density at radius 2 is 1.77 bits per heavy atom. The summed E-state index contributed by atoms with van der Waals surface area (Å²) in [4.78, 5) is 57.4. The van der Waals surface area contributed by atoms with Crippen LogP contribution in [0.5, 0.6) is 0 Å². The van der Waals surface area contributed by atoms with Crippen molar-refractivity contribution in [3.8, 4) is 0 Å². The summed E-state index contributed by atoms with van der Waals surface area (Å²) in [5.74, 6) is -3.12. The van der Waals surface area contributed by atoms with Gasteiger partial charge in [-0.05, 0) is 68.0 Å². The SMILES string of the molecule is CCn1nccc1C(=O)N[C@H](C(=O)Nc1ccc([C@H](C)[C@@H](NC(=O)c2csnn2)C(=O)N2CCN(C)CC2)cc1F)C1CCCCC1. The molecule has 1 aliphatic carbocycles. The molecule has 47 heavy (non-hydrogen) atoms. The number of hydrogen-bond acceptors (Lipinski definition) is 9. The van der Waals surface area contributed by atoms with Gasteiger partial charge in [0.1, 0.15) is 23.6 Å². The number of benzene rings is 1. The molecule has 0 bridgehead atoms. The summed E-state index contributed by atoms with van der Waals surface area (Å²) in [6, 6.07) is 4.12. The number of hydrogen-bond donors (Lipinski definition) is 3. The van der Waals surface area contributed by atoms with Crippen molar-refractivity contribution in [3.63, 3.8) is 0 Å². The summed E-state index contributed by atoms with van der Waals surface area (Å²) in [6.07, 6.45) is 6.04. The molecule has 0 radical (unpaired) electrons. The van der Waals surface area contributed by atoms with Crippen LogP contribution in [0.1, 0.15) is 78.4 Å². The van der Waals surface area contributed by atoms with Gasteiger partial charge in [0.25, 0.3) is 11.8 Å². The molecular weight excluding hydrogens is 625 g/mol. The molecule has 13 nitrogen and oxygen atoms in total. The number of carbonyl (C=O) groups is 4. The van der Waals surface area contributed by atoms with Crippen molar-refractivity contribution in [2.24, 2.45) is 5.92 Å². The second kappa shape index (κ2) is 15.6. The molecule has 5 rings (SSSR count). The predicted molar refractivity (Wildman–Crippen MR) is 174 cm³/mol. The Hall–Kier alpha value is -4.24. The van der Waals surface area contributed by atoms with Gasteiger partial charge in [0, 0.05) is 50.2 Å². The lowest BCUT2D eigenvalue weighted by Gasteiger charge is -2.36. The molecule has 252 valence electrons. The first-order valence-electron chi connectivity index (χ1n) is 16.1. The normalized spacial score (nSPS) is 17.8. The molecular formula is C32H42FN9O4S. The zero-order chi connectivity index (χ0) is 33.5. The molecule has 3 atom stereocenters. The molecule has 2 aromatic heterocycles. The van der Waals surface area contributed by atoms with E-state index in [1.165, 1.54) is 23.7 Å². The van der Waals surface area contributed by atoms with Gasteiger partial charge in [-0.2, -0.15) is 5.10 Å². The van der Waals surface area contributed by atoms with E-state index in [1.54, 1.807) is 28.6 Å². The molecule has 0 spiro atoms. The van der Waals surface area contributed by atoms with Crippen LogP contribution in [0.25, 0.3) is 0 Å². The van der Waals surface area contributed by atoms with Crippen LogP contribution >= 0.6 is 11.5 Å². The van der Waals surface area contributed by atoms with Gasteiger partial charge in [0.2, 0.25) is 11.8 Å². The highest BCUT2D eigenvalue weighted by Gasteiger charge is 2.35. The third-order valence-corrected chi connectivity index (χ3v) is 9.68. The second-order valence-electron chi connectivity index (χ2n) is 12.3. The molecule has 1 aromatic carbocycles. The summed E-state index contributed by atoms with van der Waals surface area (Å²) in [7, 11) is 1.98. The first-order valence-corrected chi connectivity index (χ1v) is 17.0. The minimum absolute atomic E-state index is 0.0425. The summed E-state index contributed by atoms with van der Waals surface area (Å²) < 4.78 is 21.0. The zero-order valence-electron chi connectivity index (χ0n) is 26.9. The van der Waals surface area contributed by atoms with Crippen molar-refractivity contribution in [1.29, 1.82) is 0 Å². The number of nitrogens with one attached hydrogen (secondary N) is 3. The van der Waals surface area contributed by atoms with E-state index >= 15 is 4.39 Å². The van der Waals surface area contributed by atoms with Gasteiger partial charge in [0.15, 0.2) is 5.69 Å². The van der Waals surface area contributed by atoms with E-state index in [1.807, 2.05) is 14.0 Å². The van der Waals surface area contributed by atoms with Crippen LogP contribution in [0.2, 0.25) is 0 Å². The molecule has 1 aliphatic heterocycles. The first kappa shape index (κ1) is 34.1. The fourth-order valence-electron chi connectivity index (χ4n) is 6.28.